The van der Waals surface area contributed by atoms with Crippen LogP contribution in [0.15, 0.2) is 16.1 Å². The van der Waals surface area contributed by atoms with Gasteiger partial charge in [0, 0.05) is 24.2 Å². The number of hydrogen-bond donors (Lipinski definition) is 1. The molecule has 0 amide bonds. The predicted molar refractivity (Wildman–Crippen MR) is 60.9 cm³/mol. The lowest BCUT2D eigenvalue weighted by molar-refractivity contribution is 0.567. The van der Waals surface area contributed by atoms with Crippen molar-refractivity contribution in [1.82, 2.24) is 5.32 Å². The Hall–Kier alpha value is -0.630. The summed E-state index contributed by atoms with van der Waals surface area (Å²) in [7, 11) is 0. The average Bonchev–Trinajstić information content (AvgIpc) is 2.15. The Morgan fingerprint density at radius 3 is 2.71 bits per heavy atom. The van der Waals surface area contributed by atoms with Gasteiger partial charge in [0.1, 0.15) is 0 Å². The number of nitrogens with one attached hydrogen (secondary N) is 1. The molecule has 14 heavy (non-hydrogen) atoms. The Labute approximate surface area is 86.5 Å². The summed E-state index contributed by atoms with van der Waals surface area (Å²) in [5, 5.41) is 3.44. The van der Waals surface area contributed by atoms with Gasteiger partial charge in [0.2, 0.25) is 0 Å². The largest absolute Gasteiger partial charge is 0.313 e. The highest BCUT2D eigenvalue weighted by molar-refractivity contribution is 6.05. The highest BCUT2D eigenvalue weighted by Crippen LogP contribution is 2.30. The van der Waals surface area contributed by atoms with Crippen LogP contribution in [0.4, 0.5) is 0 Å². The summed E-state index contributed by atoms with van der Waals surface area (Å²) in [5.74, 6) is 0. The van der Waals surface area contributed by atoms with Crippen LogP contribution in [0.25, 0.3) is 0 Å². The van der Waals surface area contributed by atoms with Crippen LogP contribution in [0.1, 0.15) is 33.6 Å². The van der Waals surface area contributed by atoms with Gasteiger partial charge in [-0.1, -0.05) is 20.8 Å². The zero-order valence-corrected chi connectivity index (χ0v) is 9.48. The maximum absolute atomic E-state index is 4.72. The van der Waals surface area contributed by atoms with Crippen LogP contribution in [0, 0.1) is 5.41 Å². The fourth-order valence-electron chi connectivity index (χ4n) is 2.35. The molecule has 0 aromatic carbocycles. The minimum absolute atomic E-state index is 0.221. The SMILES string of the molecule is CC(C)(C)C1=NCCC2=C1CCNC2. The molecule has 0 bridgehead atoms. The van der Waals surface area contributed by atoms with Crippen LogP contribution in [-0.2, 0) is 0 Å². The molecule has 2 heteroatoms. The van der Waals surface area contributed by atoms with Gasteiger partial charge >= 0.3 is 0 Å². The molecule has 0 aromatic rings. The molecule has 2 aliphatic rings. The lowest BCUT2D eigenvalue weighted by Gasteiger charge is -2.32. The van der Waals surface area contributed by atoms with Crippen LogP contribution >= 0.6 is 0 Å². The summed E-state index contributed by atoms with van der Waals surface area (Å²) in [5.41, 5.74) is 4.75. The lowest BCUT2D eigenvalue weighted by atomic mass is 9.79. The summed E-state index contributed by atoms with van der Waals surface area (Å²) in [6.07, 6.45) is 2.34. The molecule has 0 saturated heterocycles. The number of hydrogen-bond acceptors (Lipinski definition) is 2. The maximum Gasteiger partial charge on any atom is 0.0434 e. The van der Waals surface area contributed by atoms with E-state index < -0.39 is 0 Å². The predicted octanol–water partition coefficient (Wildman–Crippen LogP) is 2.17. The van der Waals surface area contributed by atoms with Crippen molar-refractivity contribution in [3.63, 3.8) is 0 Å². The average molecular weight is 192 g/mol. The van der Waals surface area contributed by atoms with E-state index in [0.717, 1.165) is 19.6 Å². The highest BCUT2D eigenvalue weighted by atomic mass is 14.9. The molecule has 2 heterocycles. The second-order valence-electron chi connectivity index (χ2n) is 5.24. The summed E-state index contributed by atoms with van der Waals surface area (Å²) < 4.78 is 0. The minimum Gasteiger partial charge on any atom is -0.313 e. The second-order valence-corrected chi connectivity index (χ2v) is 5.24. The van der Waals surface area contributed by atoms with E-state index in [1.54, 1.807) is 11.1 Å². The third-order valence-corrected chi connectivity index (χ3v) is 3.00. The molecule has 2 aliphatic heterocycles. The minimum atomic E-state index is 0.221. The molecule has 78 valence electrons. The van der Waals surface area contributed by atoms with Crippen molar-refractivity contribution >= 4 is 5.71 Å². The molecule has 2 nitrogen and oxygen atoms in total. The third-order valence-electron chi connectivity index (χ3n) is 3.00. The maximum atomic E-state index is 4.72. The molecule has 0 radical (unpaired) electrons. The topological polar surface area (TPSA) is 24.4 Å². The Bertz CT molecular complexity index is 292. The van der Waals surface area contributed by atoms with Crippen molar-refractivity contribution in [3.05, 3.63) is 11.1 Å². The van der Waals surface area contributed by atoms with Crippen molar-refractivity contribution in [2.45, 2.75) is 33.6 Å². The van der Waals surface area contributed by atoms with Crippen molar-refractivity contribution < 1.29 is 0 Å². The summed E-state index contributed by atoms with van der Waals surface area (Å²) in [4.78, 5) is 4.72. The Balaban J connectivity index is 2.33. The summed E-state index contributed by atoms with van der Waals surface area (Å²) in [6, 6.07) is 0. The van der Waals surface area contributed by atoms with Crippen molar-refractivity contribution in [2.24, 2.45) is 10.4 Å². The van der Waals surface area contributed by atoms with Gasteiger partial charge in [0.15, 0.2) is 0 Å². The molecule has 0 aromatic heterocycles. The van der Waals surface area contributed by atoms with Gasteiger partial charge in [-0.3, -0.25) is 4.99 Å². The Morgan fingerprint density at radius 1 is 1.21 bits per heavy atom. The van der Waals surface area contributed by atoms with Gasteiger partial charge in [-0.2, -0.15) is 0 Å². The fourth-order valence-corrected chi connectivity index (χ4v) is 2.35. The van der Waals surface area contributed by atoms with E-state index in [1.165, 1.54) is 18.6 Å². The first-order valence-electron chi connectivity index (χ1n) is 5.56. The molecular weight excluding hydrogens is 172 g/mol. The molecular formula is C12H20N2. The van der Waals surface area contributed by atoms with E-state index in [-0.39, 0.29) is 5.41 Å². The van der Waals surface area contributed by atoms with Crippen LogP contribution in [-0.4, -0.2) is 25.3 Å². The van der Waals surface area contributed by atoms with Gasteiger partial charge < -0.3 is 5.32 Å². The fraction of sp³-hybridized carbons (Fsp3) is 0.750. The Morgan fingerprint density at radius 2 is 2.00 bits per heavy atom. The molecule has 0 saturated carbocycles. The van der Waals surface area contributed by atoms with Crippen LogP contribution in [0.2, 0.25) is 0 Å². The molecule has 0 fully saturated rings. The van der Waals surface area contributed by atoms with Crippen LogP contribution in [0.3, 0.4) is 0 Å². The Kier molecular flexibility index (Phi) is 2.48. The van der Waals surface area contributed by atoms with Gasteiger partial charge in [-0.25, -0.2) is 0 Å². The van der Waals surface area contributed by atoms with E-state index >= 15 is 0 Å². The van der Waals surface area contributed by atoms with Crippen molar-refractivity contribution in [1.29, 1.82) is 0 Å². The van der Waals surface area contributed by atoms with E-state index in [2.05, 4.69) is 26.1 Å². The van der Waals surface area contributed by atoms with Crippen molar-refractivity contribution in [2.75, 3.05) is 19.6 Å². The molecule has 0 unspecified atom stereocenters. The smallest absolute Gasteiger partial charge is 0.0434 e. The van der Waals surface area contributed by atoms with E-state index in [9.17, 15) is 0 Å². The molecule has 2 rings (SSSR count). The molecule has 0 atom stereocenters. The number of nitrogens with zero attached hydrogens (tertiary/aromatic N) is 1. The van der Waals surface area contributed by atoms with Gasteiger partial charge in [-0.15, -0.1) is 0 Å². The molecule has 1 N–H and O–H groups in total. The highest BCUT2D eigenvalue weighted by Gasteiger charge is 2.27. The number of aliphatic imine (C=N–C) groups is 1. The zero-order chi connectivity index (χ0) is 10.2. The molecule has 0 aliphatic carbocycles. The van der Waals surface area contributed by atoms with Crippen LogP contribution in [0.5, 0.6) is 0 Å². The number of dihydropyridines is 1. The van der Waals surface area contributed by atoms with Gasteiger partial charge in [-0.05, 0) is 30.5 Å². The third kappa shape index (κ3) is 1.76. The van der Waals surface area contributed by atoms with Crippen molar-refractivity contribution in [3.8, 4) is 0 Å². The number of rotatable bonds is 0. The quantitative estimate of drug-likeness (QED) is 0.625. The summed E-state index contributed by atoms with van der Waals surface area (Å²) in [6.45, 7) is 10.0. The first kappa shape index (κ1) is 9.91. The lowest BCUT2D eigenvalue weighted by Crippen LogP contribution is -2.34. The first-order chi connectivity index (χ1) is 6.59. The van der Waals surface area contributed by atoms with E-state index in [1.807, 2.05) is 0 Å². The van der Waals surface area contributed by atoms with Crippen LogP contribution < -0.4 is 5.32 Å². The monoisotopic (exact) mass is 192 g/mol. The normalized spacial score (nSPS) is 23.2. The molecule has 0 spiro atoms. The summed E-state index contributed by atoms with van der Waals surface area (Å²) >= 11 is 0. The van der Waals surface area contributed by atoms with Gasteiger partial charge in [0.25, 0.3) is 0 Å². The van der Waals surface area contributed by atoms with E-state index in [0.29, 0.717) is 0 Å². The standard InChI is InChI=1S/C12H20N2/c1-12(2,3)11-10-5-6-13-8-9(10)4-7-14-11/h13H,4-8H2,1-3H3. The second kappa shape index (κ2) is 3.50. The zero-order valence-electron chi connectivity index (χ0n) is 9.48. The first-order valence-corrected chi connectivity index (χ1v) is 5.56. The van der Waals surface area contributed by atoms with Gasteiger partial charge in [0.05, 0.1) is 0 Å². The van der Waals surface area contributed by atoms with E-state index in [4.69, 9.17) is 4.99 Å².